The van der Waals surface area contributed by atoms with Crippen molar-refractivity contribution >= 4 is 26.0 Å². The molecule has 1 saturated heterocycles. The molecule has 0 aromatic heterocycles. The van der Waals surface area contributed by atoms with Crippen LogP contribution in [-0.2, 0) is 15.4 Å². The van der Waals surface area contributed by atoms with E-state index in [0.29, 0.717) is 5.33 Å². The zero-order valence-corrected chi connectivity index (χ0v) is 13.5. The Morgan fingerprint density at radius 1 is 1.24 bits per heavy atom. The molecule has 118 valence electrons. The molecule has 1 aliphatic rings. The van der Waals surface area contributed by atoms with Crippen LogP contribution in [0.4, 0.5) is 13.2 Å². The zero-order valence-electron chi connectivity index (χ0n) is 11.1. The molecule has 1 aromatic rings. The third kappa shape index (κ3) is 3.78. The van der Waals surface area contributed by atoms with Crippen LogP contribution < -0.4 is 0 Å². The average Bonchev–Trinajstić information content (AvgIpc) is 2.46. The summed E-state index contributed by atoms with van der Waals surface area (Å²) in [6.45, 7) is -0.360. The summed E-state index contributed by atoms with van der Waals surface area (Å²) in [5.41, 5.74) is 0.903. The Morgan fingerprint density at radius 2 is 1.86 bits per heavy atom. The fourth-order valence-corrected chi connectivity index (χ4v) is 4.23. The van der Waals surface area contributed by atoms with Crippen molar-refractivity contribution in [3.8, 4) is 0 Å². The highest BCUT2D eigenvalue weighted by molar-refractivity contribution is 9.08. The number of nitrogens with zero attached hydrogens (tertiary/aromatic N) is 1. The maximum atomic E-state index is 12.8. The Morgan fingerprint density at radius 3 is 2.38 bits per heavy atom. The smallest absolute Gasteiger partial charge is 0.207 e. The Labute approximate surface area is 130 Å². The van der Waals surface area contributed by atoms with Gasteiger partial charge in [0.25, 0.3) is 0 Å². The normalized spacial score (nSPS) is 21.4. The standard InChI is InChI=1S/C13H15BrF3NO2S/c14-8-10-3-5-12(6-4-10)21(19,20)18-7-1-2-11(9-18)13(15,16)17/h3-6,11H,1-2,7-9H2. The number of benzene rings is 1. The second-order valence-electron chi connectivity index (χ2n) is 5.02. The van der Waals surface area contributed by atoms with E-state index in [1.807, 2.05) is 0 Å². The first-order valence-corrected chi connectivity index (χ1v) is 9.03. The quantitative estimate of drug-likeness (QED) is 0.746. The Bertz CT molecular complexity index is 586. The van der Waals surface area contributed by atoms with Crippen LogP contribution in [0.25, 0.3) is 0 Å². The molecule has 0 aliphatic carbocycles. The summed E-state index contributed by atoms with van der Waals surface area (Å²) in [4.78, 5) is 0.0371. The molecule has 1 aliphatic heterocycles. The topological polar surface area (TPSA) is 37.4 Å². The van der Waals surface area contributed by atoms with Gasteiger partial charge in [0, 0.05) is 18.4 Å². The monoisotopic (exact) mass is 385 g/mol. The van der Waals surface area contributed by atoms with Crippen molar-refractivity contribution in [2.45, 2.75) is 29.2 Å². The number of piperidine rings is 1. The Hall–Kier alpha value is -0.600. The van der Waals surface area contributed by atoms with Gasteiger partial charge in [-0.25, -0.2) is 8.42 Å². The maximum Gasteiger partial charge on any atom is 0.393 e. The molecule has 0 spiro atoms. The van der Waals surface area contributed by atoms with Crippen molar-refractivity contribution in [1.29, 1.82) is 0 Å². The predicted octanol–water partition coefficient (Wildman–Crippen LogP) is 3.54. The molecule has 1 unspecified atom stereocenters. The number of halogens is 4. The van der Waals surface area contributed by atoms with E-state index < -0.39 is 28.7 Å². The second-order valence-corrected chi connectivity index (χ2v) is 7.52. The lowest BCUT2D eigenvalue weighted by atomic mass is 9.99. The van der Waals surface area contributed by atoms with Gasteiger partial charge in [-0.2, -0.15) is 17.5 Å². The molecule has 0 amide bonds. The van der Waals surface area contributed by atoms with Crippen LogP contribution in [0.15, 0.2) is 29.2 Å². The Kier molecular flexibility index (Phi) is 4.99. The maximum absolute atomic E-state index is 12.8. The van der Waals surface area contributed by atoms with Gasteiger partial charge in [-0.05, 0) is 30.5 Å². The van der Waals surface area contributed by atoms with Gasteiger partial charge in [-0.1, -0.05) is 28.1 Å². The summed E-state index contributed by atoms with van der Waals surface area (Å²) in [5.74, 6) is -1.58. The second kappa shape index (κ2) is 6.26. The number of hydrogen-bond acceptors (Lipinski definition) is 2. The number of sulfonamides is 1. The van der Waals surface area contributed by atoms with E-state index in [4.69, 9.17) is 0 Å². The molecule has 1 heterocycles. The summed E-state index contributed by atoms with van der Waals surface area (Å²) in [6.07, 6.45) is -4.14. The van der Waals surface area contributed by atoms with E-state index >= 15 is 0 Å². The number of alkyl halides is 4. The average molecular weight is 386 g/mol. The molecule has 21 heavy (non-hydrogen) atoms. The highest BCUT2D eigenvalue weighted by Gasteiger charge is 2.44. The highest BCUT2D eigenvalue weighted by Crippen LogP contribution is 2.34. The summed E-state index contributed by atoms with van der Waals surface area (Å²) < 4.78 is 64.1. The van der Waals surface area contributed by atoms with E-state index in [-0.39, 0.29) is 24.3 Å². The van der Waals surface area contributed by atoms with Crippen LogP contribution in [0.3, 0.4) is 0 Å². The predicted molar refractivity (Wildman–Crippen MR) is 76.6 cm³/mol. The largest absolute Gasteiger partial charge is 0.393 e. The van der Waals surface area contributed by atoms with E-state index in [1.54, 1.807) is 12.1 Å². The molecule has 8 heteroatoms. The van der Waals surface area contributed by atoms with Gasteiger partial charge in [0.05, 0.1) is 10.8 Å². The van der Waals surface area contributed by atoms with Crippen molar-refractivity contribution in [2.75, 3.05) is 13.1 Å². The molecule has 1 fully saturated rings. The molecule has 2 rings (SSSR count). The summed E-state index contributed by atoms with van der Waals surface area (Å²) in [6, 6.07) is 6.16. The van der Waals surface area contributed by atoms with Crippen LogP contribution in [-0.4, -0.2) is 32.0 Å². The molecular weight excluding hydrogens is 371 g/mol. The third-order valence-electron chi connectivity index (χ3n) is 3.56. The lowest BCUT2D eigenvalue weighted by molar-refractivity contribution is -0.182. The first kappa shape index (κ1) is 16.8. The molecule has 0 N–H and O–H groups in total. The summed E-state index contributed by atoms with van der Waals surface area (Å²) in [7, 11) is -3.86. The van der Waals surface area contributed by atoms with Gasteiger partial charge in [-0.15, -0.1) is 0 Å². The third-order valence-corrected chi connectivity index (χ3v) is 6.09. The van der Waals surface area contributed by atoms with Crippen LogP contribution in [0.2, 0.25) is 0 Å². The van der Waals surface area contributed by atoms with Crippen molar-refractivity contribution in [2.24, 2.45) is 5.92 Å². The fraction of sp³-hybridized carbons (Fsp3) is 0.538. The molecular formula is C13H15BrF3NO2S. The molecule has 0 bridgehead atoms. The number of hydrogen-bond donors (Lipinski definition) is 0. The minimum Gasteiger partial charge on any atom is -0.207 e. The van der Waals surface area contributed by atoms with Gasteiger partial charge in [0.2, 0.25) is 10.0 Å². The first-order valence-electron chi connectivity index (χ1n) is 6.47. The van der Waals surface area contributed by atoms with Crippen LogP contribution in [0.1, 0.15) is 18.4 Å². The van der Waals surface area contributed by atoms with Gasteiger partial charge in [0.1, 0.15) is 0 Å². The van der Waals surface area contributed by atoms with Crippen molar-refractivity contribution in [3.05, 3.63) is 29.8 Å². The van der Waals surface area contributed by atoms with Crippen LogP contribution >= 0.6 is 15.9 Å². The van der Waals surface area contributed by atoms with E-state index in [1.165, 1.54) is 12.1 Å². The van der Waals surface area contributed by atoms with Gasteiger partial charge >= 0.3 is 6.18 Å². The lowest BCUT2D eigenvalue weighted by Crippen LogP contribution is -2.44. The van der Waals surface area contributed by atoms with Crippen molar-refractivity contribution in [3.63, 3.8) is 0 Å². The van der Waals surface area contributed by atoms with Crippen LogP contribution in [0.5, 0.6) is 0 Å². The summed E-state index contributed by atoms with van der Waals surface area (Å²) >= 11 is 3.25. The lowest BCUT2D eigenvalue weighted by Gasteiger charge is -2.32. The van der Waals surface area contributed by atoms with E-state index in [2.05, 4.69) is 15.9 Å². The molecule has 0 saturated carbocycles. The fourth-order valence-electron chi connectivity index (χ4n) is 2.33. The van der Waals surface area contributed by atoms with Gasteiger partial charge in [0.15, 0.2) is 0 Å². The number of rotatable bonds is 3. The molecule has 1 aromatic carbocycles. The van der Waals surface area contributed by atoms with E-state index in [0.717, 1.165) is 9.87 Å². The zero-order chi connectivity index (χ0) is 15.7. The van der Waals surface area contributed by atoms with Crippen molar-refractivity contribution < 1.29 is 21.6 Å². The Balaban J connectivity index is 2.22. The van der Waals surface area contributed by atoms with Crippen molar-refractivity contribution in [1.82, 2.24) is 4.31 Å². The minimum absolute atomic E-state index is 0.0158. The first-order chi connectivity index (χ1) is 9.75. The minimum atomic E-state index is -4.35. The molecule has 1 atom stereocenters. The molecule has 3 nitrogen and oxygen atoms in total. The summed E-state index contributed by atoms with van der Waals surface area (Å²) in [5, 5.41) is 0.590. The van der Waals surface area contributed by atoms with E-state index in [9.17, 15) is 21.6 Å². The SMILES string of the molecule is O=S(=O)(c1ccc(CBr)cc1)N1CCCC(C(F)(F)F)C1. The molecule has 0 radical (unpaired) electrons. The van der Waals surface area contributed by atoms with Gasteiger partial charge in [-0.3, -0.25) is 0 Å². The van der Waals surface area contributed by atoms with Gasteiger partial charge < -0.3 is 0 Å². The van der Waals surface area contributed by atoms with Crippen LogP contribution in [0, 0.1) is 5.92 Å². The highest BCUT2D eigenvalue weighted by atomic mass is 79.9.